The Kier molecular flexibility index (Phi) is 4.10. The largest absolute Gasteiger partial charge is 0.313 e. The third-order valence-electron chi connectivity index (χ3n) is 4.14. The van der Waals surface area contributed by atoms with Gasteiger partial charge < -0.3 is 5.32 Å². The first kappa shape index (κ1) is 14.0. The number of rotatable bonds is 5. The third kappa shape index (κ3) is 3.40. The maximum Gasteiger partial charge on any atom is 0.215 e. The van der Waals surface area contributed by atoms with Crippen LogP contribution in [0.5, 0.6) is 0 Å². The smallest absolute Gasteiger partial charge is 0.215 e. The van der Waals surface area contributed by atoms with Crippen LogP contribution in [-0.4, -0.2) is 44.2 Å². The van der Waals surface area contributed by atoms with E-state index < -0.39 is 10.0 Å². The first-order valence-corrected chi connectivity index (χ1v) is 9.04. The molecule has 1 saturated carbocycles. The van der Waals surface area contributed by atoms with Crippen LogP contribution in [-0.2, 0) is 22.9 Å². The fraction of sp³-hybridized carbons (Fsp3) is 0.600. The van der Waals surface area contributed by atoms with Gasteiger partial charge in [-0.3, -0.25) is 0 Å². The van der Waals surface area contributed by atoms with Gasteiger partial charge in [-0.05, 0) is 36.8 Å². The molecule has 0 unspecified atom stereocenters. The fourth-order valence-electron chi connectivity index (χ4n) is 2.73. The molecule has 3 rings (SSSR count). The second-order valence-electron chi connectivity index (χ2n) is 5.71. The van der Waals surface area contributed by atoms with Crippen LogP contribution in [0.1, 0.15) is 24.0 Å². The molecular formula is C15H22N2O2S. The van der Waals surface area contributed by atoms with E-state index in [9.17, 15) is 8.42 Å². The summed E-state index contributed by atoms with van der Waals surface area (Å²) in [5.41, 5.74) is 2.59. The first-order valence-electron chi connectivity index (χ1n) is 7.43. The van der Waals surface area contributed by atoms with Gasteiger partial charge in [0.15, 0.2) is 0 Å². The van der Waals surface area contributed by atoms with Crippen LogP contribution in [0.25, 0.3) is 0 Å². The molecule has 20 heavy (non-hydrogen) atoms. The number of sulfonamides is 1. The molecule has 0 bridgehead atoms. The second kappa shape index (κ2) is 5.84. The zero-order chi connectivity index (χ0) is 14.0. The molecule has 1 aliphatic heterocycles. The molecule has 5 heteroatoms. The Morgan fingerprint density at radius 1 is 1.10 bits per heavy atom. The molecule has 0 atom stereocenters. The van der Waals surface area contributed by atoms with Crippen LogP contribution < -0.4 is 5.32 Å². The van der Waals surface area contributed by atoms with E-state index in [1.165, 1.54) is 24.0 Å². The highest BCUT2D eigenvalue weighted by atomic mass is 32.2. The quantitative estimate of drug-likeness (QED) is 0.887. The maximum absolute atomic E-state index is 12.4. The van der Waals surface area contributed by atoms with E-state index in [2.05, 4.69) is 17.4 Å². The normalized spacial score (nSPS) is 20.4. The van der Waals surface area contributed by atoms with E-state index >= 15 is 0 Å². The molecule has 1 heterocycles. The summed E-state index contributed by atoms with van der Waals surface area (Å²) >= 11 is 0. The molecule has 1 aromatic rings. The van der Waals surface area contributed by atoms with E-state index in [-0.39, 0.29) is 5.75 Å². The zero-order valence-electron chi connectivity index (χ0n) is 11.7. The lowest BCUT2D eigenvalue weighted by Gasteiger charge is -2.20. The molecule has 0 amide bonds. The van der Waals surface area contributed by atoms with Crippen LogP contribution >= 0.6 is 0 Å². The average molecular weight is 294 g/mol. The standard InChI is InChI=1S/C15H22N2O2S/c18-20(19,12-9-16-15-5-6-15)17-10-7-13-3-1-2-4-14(13)8-11-17/h1-4,15-16H,5-12H2. The average Bonchev–Trinajstić information content (AvgIpc) is 3.24. The second-order valence-corrected chi connectivity index (χ2v) is 7.80. The summed E-state index contributed by atoms with van der Waals surface area (Å²) in [4.78, 5) is 0. The maximum atomic E-state index is 12.4. The van der Waals surface area contributed by atoms with Crippen molar-refractivity contribution in [3.05, 3.63) is 35.4 Å². The number of hydrogen-bond donors (Lipinski definition) is 1. The Labute approximate surface area is 121 Å². The molecule has 0 spiro atoms. The monoisotopic (exact) mass is 294 g/mol. The summed E-state index contributed by atoms with van der Waals surface area (Å²) in [5, 5.41) is 3.28. The Morgan fingerprint density at radius 3 is 2.25 bits per heavy atom. The molecular weight excluding hydrogens is 272 g/mol. The molecule has 0 radical (unpaired) electrons. The fourth-order valence-corrected chi connectivity index (χ4v) is 4.11. The van der Waals surface area contributed by atoms with Gasteiger partial charge in [0.2, 0.25) is 10.0 Å². The zero-order valence-corrected chi connectivity index (χ0v) is 12.5. The van der Waals surface area contributed by atoms with Gasteiger partial charge in [-0.1, -0.05) is 24.3 Å². The van der Waals surface area contributed by atoms with Gasteiger partial charge >= 0.3 is 0 Å². The molecule has 110 valence electrons. The van der Waals surface area contributed by atoms with Crippen LogP contribution in [0.4, 0.5) is 0 Å². The summed E-state index contributed by atoms with van der Waals surface area (Å²) in [6.45, 7) is 1.81. The van der Waals surface area contributed by atoms with Crippen molar-refractivity contribution in [2.75, 3.05) is 25.4 Å². The molecule has 2 aliphatic rings. The number of hydrogen-bond acceptors (Lipinski definition) is 3. The lowest BCUT2D eigenvalue weighted by Crippen LogP contribution is -2.38. The van der Waals surface area contributed by atoms with Crippen LogP contribution in [0.2, 0.25) is 0 Å². The molecule has 4 nitrogen and oxygen atoms in total. The van der Waals surface area contributed by atoms with Crippen molar-refractivity contribution in [3.63, 3.8) is 0 Å². The van der Waals surface area contributed by atoms with E-state index in [4.69, 9.17) is 0 Å². The minimum atomic E-state index is -3.12. The minimum absolute atomic E-state index is 0.222. The van der Waals surface area contributed by atoms with Gasteiger partial charge in [0.25, 0.3) is 0 Å². The van der Waals surface area contributed by atoms with Crippen LogP contribution in [0, 0.1) is 0 Å². The Balaban J connectivity index is 1.60. The van der Waals surface area contributed by atoms with Crippen molar-refractivity contribution in [2.45, 2.75) is 31.7 Å². The highest BCUT2D eigenvalue weighted by Crippen LogP contribution is 2.19. The van der Waals surface area contributed by atoms with Crippen molar-refractivity contribution in [3.8, 4) is 0 Å². The van der Waals surface area contributed by atoms with Crippen molar-refractivity contribution in [1.82, 2.24) is 9.62 Å². The summed E-state index contributed by atoms with van der Waals surface area (Å²) in [6, 6.07) is 8.85. The predicted molar refractivity (Wildman–Crippen MR) is 80.2 cm³/mol. The first-order chi connectivity index (χ1) is 9.65. The van der Waals surface area contributed by atoms with E-state index in [1.807, 2.05) is 12.1 Å². The topological polar surface area (TPSA) is 49.4 Å². The Hall–Kier alpha value is -0.910. The van der Waals surface area contributed by atoms with E-state index in [0.29, 0.717) is 25.7 Å². The van der Waals surface area contributed by atoms with E-state index in [1.54, 1.807) is 4.31 Å². The number of benzene rings is 1. The predicted octanol–water partition coefficient (Wildman–Crippen LogP) is 1.17. The summed E-state index contributed by atoms with van der Waals surface area (Å²) < 4.78 is 26.4. The summed E-state index contributed by atoms with van der Waals surface area (Å²) in [6.07, 6.45) is 4.04. The van der Waals surface area contributed by atoms with Crippen LogP contribution in [0.3, 0.4) is 0 Å². The van der Waals surface area contributed by atoms with Gasteiger partial charge in [0.05, 0.1) is 5.75 Å². The molecule has 0 aromatic heterocycles. The van der Waals surface area contributed by atoms with Gasteiger partial charge in [0.1, 0.15) is 0 Å². The van der Waals surface area contributed by atoms with E-state index in [0.717, 1.165) is 12.8 Å². The van der Waals surface area contributed by atoms with Crippen molar-refractivity contribution in [1.29, 1.82) is 0 Å². The highest BCUT2D eigenvalue weighted by Gasteiger charge is 2.26. The number of nitrogens with zero attached hydrogens (tertiary/aromatic N) is 1. The molecule has 1 fully saturated rings. The molecule has 1 aliphatic carbocycles. The summed E-state index contributed by atoms with van der Waals surface area (Å²) in [7, 11) is -3.12. The molecule has 0 saturated heterocycles. The van der Waals surface area contributed by atoms with Crippen LogP contribution in [0.15, 0.2) is 24.3 Å². The minimum Gasteiger partial charge on any atom is -0.313 e. The SMILES string of the molecule is O=S(=O)(CCNC1CC1)N1CCc2ccccc2CC1. The van der Waals surface area contributed by atoms with Gasteiger partial charge in [-0.25, -0.2) is 12.7 Å². The van der Waals surface area contributed by atoms with Gasteiger partial charge in [-0.2, -0.15) is 0 Å². The van der Waals surface area contributed by atoms with Crippen molar-refractivity contribution in [2.24, 2.45) is 0 Å². The molecule has 1 N–H and O–H groups in total. The molecule has 1 aromatic carbocycles. The number of nitrogens with one attached hydrogen (secondary N) is 1. The van der Waals surface area contributed by atoms with Gasteiger partial charge in [0, 0.05) is 25.7 Å². The lowest BCUT2D eigenvalue weighted by molar-refractivity contribution is 0.425. The third-order valence-corrected chi connectivity index (χ3v) is 6.02. The highest BCUT2D eigenvalue weighted by molar-refractivity contribution is 7.89. The van der Waals surface area contributed by atoms with Gasteiger partial charge in [-0.15, -0.1) is 0 Å². The van der Waals surface area contributed by atoms with Crippen molar-refractivity contribution >= 4 is 10.0 Å². The number of fused-ring (bicyclic) bond motifs is 1. The Bertz CT molecular complexity index is 540. The van der Waals surface area contributed by atoms with Crippen molar-refractivity contribution < 1.29 is 8.42 Å². The Morgan fingerprint density at radius 2 is 1.70 bits per heavy atom. The summed E-state index contributed by atoms with van der Waals surface area (Å²) in [5.74, 6) is 0.222. The lowest BCUT2D eigenvalue weighted by atomic mass is 10.0.